The van der Waals surface area contributed by atoms with Gasteiger partial charge in [-0.05, 0) is 36.6 Å². The van der Waals surface area contributed by atoms with Gasteiger partial charge in [0.2, 0.25) is 0 Å². The molecular weight excluding hydrogens is 354 g/mol. The molecule has 1 heterocycles. The molecule has 1 aliphatic rings. The highest BCUT2D eigenvalue weighted by molar-refractivity contribution is 9.10. The molecule has 21 heavy (non-hydrogen) atoms. The number of carbonyl (C=O) groups is 2. The molecule has 0 aliphatic carbocycles. The average molecular weight is 372 g/mol. The van der Waals surface area contributed by atoms with Crippen LogP contribution in [0.2, 0.25) is 0 Å². The Bertz CT molecular complexity index is 576. The molecule has 1 fully saturated rings. The summed E-state index contributed by atoms with van der Waals surface area (Å²) in [5.74, 6) is -0.492. The van der Waals surface area contributed by atoms with Gasteiger partial charge < -0.3 is 10.0 Å². The van der Waals surface area contributed by atoms with Crippen LogP contribution in [0.25, 0.3) is 0 Å². The molecule has 0 saturated carbocycles. The van der Waals surface area contributed by atoms with Crippen LogP contribution in [0, 0.1) is 12.8 Å². The van der Waals surface area contributed by atoms with Gasteiger partial charge in [0.05, 0.1) is 5.37 Å². The summed E-state index contributed by atoms with van der Waals surface area (Å²) < 4.78 is 0.935. The third-order valence-electron chi connectivity index (χ3n) is 3.53. The highest BCUT2D eigenvalue weighted by Gasteiger charge is 2.43. The molecule has 2 atom stereocenters. The average Bonchev–Trinajstić information content (AvgIpc) is 2.86. The number of hydrogen-bond acceptors (Lipinski definition) is 3. The van der Waals surface area contributed by atoms with E-state index in [1.54, 1.807) is 23.9 Å². The Balaban J connectivity index is 2.36. The molecule has 0 radical (unpaired) electrons. The molecule has 0 aromatic heterocycles. The van der Waals surface area contributed by atoms with Crippen LogP contribution in [0.1, 0.15) is 29.8 Å². The van der Waals surface area contributed by atoms with Gasteiger partial charge in [0.25, 0.3) is 5.91 Å². The van der Waals surface area contributed by atoms with E-state index in [0.29, 0.717) is 11.3 Å². The molecule has 1 aromatic rings. The molecule has 6 heteroatoms. The summed E-state index contributed by atoms with van der Waals surface area (Å²) in [7, 11) is 0. The Labute approximate surface area is 137 Å². The normalized spacial score (nSPS) is 21.9. The van der Waals surface area contributed by atoms with Gasteiger partial charge in [0.15, 0.2) is 0 Å². The first-order chi connectivity index (χ1) is 9.82. The molecule has 0 spiro atoms. The van der Waals surface area contributed by atoms with Crippen molar-refractivity contribution in [2.45, 2.75) is 32.2 Å². The van der Waals surface area contributed by atoms with Crippen LogP contribution in [0.4, 0.5) is 0 Å². The number of thioether (sulfide) groups is 1. The van der Waals surface area contributed by atoms with Crippen molar-refractivity contribution in [2.24, 2.45) is 5.92 Å². The summed E-state index contributed by atoms with van der Waals surface area (Å²) in [5.41, 5.74) is 1.50. The van der Waals surface area contributed by atoms with Crippen molar-refractivity contribution in [2.75, 3.05) is 5.75 Å². The first-order valence-corrected chi connectivity index (χ1v) is 8.60. The maximum Gasteiger partial charge on any atom is 0.327 e. The molecule has 2 unspecified atom stereocenters. The molecule has 1 saturated heterocycles. The molecule has 1 aromatic carbocycles. The first kappa shape index (κ1) is 16.4. The van der Waals surface area contributed by atoms with Crippen molar-refractivity contribution in [3.63, 3.8) is 0 Å². The number of carboxylic acid groups (broad SMARTS) is 1. The lowest BCUT2D eigenvalue weighted by molar-refractivity contribution is -0.141. The molecule has 1 N–H and O–H groups in total. The monoisotopic (exact) mass is 371 g/mol. The van der Waals surface area contributed by atoms with E-state index in [1.165, 1.54) is 4.90 Å². The van der Waals surface area contributed by atoms with E-state index in [-0.39, 0.29) is 17.2 Å². The number of amides is 1. The van der Waals surface area contributed by atoms with Crippen LogP contribution in [0.3, 0.4) is 0 Å². The minimum Gasteiger partial charge on any atom is -0.480 e. The topological polar surface area (TPSA) is 57.6 Å². The molecular formula is C15H18BrNO3S. The van der Waals surface area contributed by atoms with E-state index in [2.05, 4.69) is 15.9 Å². The number of aryl methyl sites for hydroxylation is 1. The fraction of sp³-hybridized carbons (Fsp3) is 0.467. The number of rotatable bonds is 3. The van der Waals surface area contributed by atoms with Gasteiger partial charge in [-0.25, -0.2) is 4.79 Å². The standard InChI is InChI=1S/C15H18BrNO3S/c1-8(2)14-17(12(7-21-14)15(19)20)13(18)10-4-5-11(16)9(3)6-10/h4-6,8,12,14H,7H2,1-3H3,(H,19,20). The van der Waals surface area contributed by atoms with Crippen LogP contribution in [-0.2, 0) is 4.79 Å². The highest BCUT2D eigenvalue weighted by Crippen LogP contribution is 2.35. The van der Waals surface area contributed by atoms with Crippen LogP contribution in [0.5, 0.6) is 0 Å². The van der Waals surface area contributed by atoms with Gasteiger partial charge in [-0.2, -0.15) is 0 Å². The fourth-order valence-electron chi connectivity index (χ4n) is 2.42. The maximum atomic E-state index is 12.8. The van der Waals surface area contributed by atoms with Crippen molar-refractivity contribution >= 4 is 39.6 Å². The van der Waals surface area contributed by atoms with Gasteiger partial charge in [0.1, 0.15) is 6.04 Å². The van der Waals surface area contributed by atoms with Crippen LogP contribution >= 0.6 is 27.7 Å². The lowest BCUT2D eigenvalue weighted by Gasteiger charge is -2.30. The van der Waals surface area contributed by atoms with Crippen LogP contribution in [-0.4, -0.2) is 39.1 Å². The predicted octanol–water partition coefficient (Wildman–Crippen LogP) is 3.38. The second kappa shape index (κ2) is 6.40. The summed E-state index contributed by atoms with van der Waals surface area (Å²) in [4.78, 5) is 25.7. The maximum absolute atomic E-state index is 12.8. The van der Waals surface area contributed by atoms with Crippen molar-refractivity contribution in [3.05, 3.63) is 33.8 Å². The van der Waals surface area contributed by atoms with Gasteiger partial charge in [-0.15, -0.1) is 11.8 Å². The summed E-state index contributed by atoms with van der Waals surface area (Å²) >= 11 is 4.95. The van der Waals surface area contributed by atoms with E-state index >= 15 is 0 Å². The van der Waals surface area contributed by atoms with E-state index in [1.807, 2.05) is 26.8 Å². The number of nitrogens with zero attached hydrogens (tertiary/aromatic N) is 1. The third kappa shape index (κ3) is 3.26. The van der Waals surface area contributed by atoms with Gasteiger partial charge in [0, 0.05) is 15.8 Å². The molecule has 1 amide bonds. The largest absolute Gasteiger partial charge is 0.480 e. The smallest absolute Gasteiger partial charge is 0.327 e. The minimum absolute atomic E-state index is 0.0949. The Morgan fingerprint density at radius 3 is 2.62 bits per heavy atom. The quantitative estimate of drug-likeness (QED) is 0.884. The molecule has 1 aliphatic heterocycles. The van der Waals surface area contributed by atoms with E-state index in [4.69, 9.17) is 0 Å². The predicted molar refractivity (Wildman–Crippen MR) is 87.6 cm³/mol. The number of carbonyl (C=O) groups excluding carboxylic acids is 1. The number of halogens is 1. The Kier molecular flexibility index (Phi) is 4.99. The zero-order valence-electron chi connectivity index (χ0n) is 12.2. The van der Waals surface area contributed by atoms with Crippen molar-refractivity contribution in [1.82, 2.24) is 4.90 Å². The second-order valence-electron chi connectivity index (χ2n) is 5.50. The SMILES string of the molecule is Cc1cc(C(=O)N2C(C(=O)O)CSC2C(C)C)ccc1Br. The zero-order valence-corrected chi connectivity index (χ0v) is 14.6. The number of aliphatic carboxylic acids is 1. The van der Waals surface area contributed by atoms with E-state index < -0.39 is 12.0 Å². The summed E-state index contributed by atoms with van der Waals surface area (Å²) in [6.45, 7) is 5.93. The molecule has 2 rings (SSSR count). The van der Waals surface area contributed by atoms with E-state index in [9.17, 15) is 14.7 Å². The Morgan fingerprint density at radius 2 is 2.10 bits per heavy atom. The summed E-state index contributed by atoms with van der Waals surface area (Å²) in [5, 5.41) is 9.27. The van der Waals surface area contributed by atoms with Crippen molar-refractivity contribution in [1.29, 1.82) is 0 Å². The van der Waals surface area contributed by atoms with E-state index in [0.717, 1.165) is 10.0 Å². The Morgan fingerprint density at radius 1 is 1.43 bits per heavy atom. The lowest BCUT2D eigenvalue weighted by Crippen LogP contribution is -2.47. The third-order valence-corrected chi connectivity index (χ3v) is 6.04. The van der Waals surface area contributed by atoms with Crippen LogP contribution in [0.15, 0.2) is 22.7 Å². The van der Waals surface area contributed by atoms with Gasteiger partial charge in [-0.1, -0.05) is 29.8 Å². The van der Waals surface area contributed by atoms with Crippen molar-refractivity contribution < 1.29 is 14.7 Å². The zero-order chi connectivity index (χ0) is 15.7. The fourth-order valence-corrected chi connectivity index (χ4v) is 4.13. The Hall–Kier alpha value is -1.01. The summed E-state index contributed by atoms with van der Waals surface area (Å²) in [6, 6.07) is 4.61. The number of carboxylic acids is 1. The first-order valence-electron chi connectivity index (χ1n) is 6.76. The number of benzene rings is 1. The van der Waals surface area contributed by atoms with Crippen LogP contribution < -0.4 is 0 Å². The van der Waals surface area contributed by atoms with Gasteiger partial charge in [-0.3, -0.25) is 4.79 Å². The van der Waals surface area contributed by atoms with Crippen molar-refractivity contribution in [3.8, 4) is 0 Å². The summed E-state index contributed by atoms with van der Waals surface area (Å²) in [6.07, 6.45) is 0. The molecule has 0 bridgehead atoms. The van der Waals surface area contributed by atoms with Gasteiger partial charge >= 0.3 is 5.97 Å². The minimum atomic E-state index is -0.937. The highest BCUT2D eigenvalue weighted by atomic mass is 79.9. The second-order valence-corrected chi connectivity index (χ2v) is 7.50. The lowest BCUT2D eigenvalue weighted by atomic mass is 10.1. The molecule has 114 valence electrons. The number of hydrogen-bond donors (Lipinski definition) is 1. The molecule has 4 nitrogen and oxygen atoms in total.